The Balaban J connectivity index is 1.68. The normalized spacial score (nSPS) is 17.3. The predicted octanol–water partition coefficient (Wildman–Crippen LogP) is 3.70. The van der Waals surface area contributed by atoms with Crippen LogP contribution in [0.3, 0.4) is 0 Å². The van der Waals surface area contributed by atoms with E-state index in [4.69, 9.17) is 4.74 Å². The first-order valence-corrected chi connectivity index (χ1v) is 8.77. The van der Waals surface area contributed by atoms with Crippen molar-refractivity contribution >= 4 is 23.5 Å². The van der Waals surface area contributed by atoms with E-state index >= 15 is 0 Å². The molecule has 23 heavy (non-hydrogen) atoms. The van der Waals surface area contributed by atoms with E-state index in [1.165, 1.54) is 0 Å². The molecule has 2 heterocycles. The summed E-state index contributed by atoms with van der Waals surface area (Å²) in [7, 11) is 2.01. The van der Waals surface area contributed by atoms with Gasteiger partial charge < -0.3 is 19.5 Å². The Morgan fingerprint density at radius 3 is 2.78 bits per heavy atom. The summed E-state index contributed by atoms with van der Waals surface area (Å²) in [5.74, 6) is 1.76. The minimum atomic E-state index is -0.0645. The molecular weight excluding hydrogens is 310 g/mol. The molecule has 122 valence electrons. The van der Waals surface area contributed by atoms with Gasteiger partial charge in [0.15, 0.2) is 0 Å². The monoisotopic (exact) mass is 331 g/mol. The maximum atomic E-state index is 12.6. The second-order valence-electron chi connectivity index (χ2n) is 5.35. The molecule has 0 unspecified atom stereocenters. The van der Waals surface area contributed by atoms with Gasteiger partial charge in [-0.1, -0.05) is 0 Å². The van der Waals surface area contributed by atoms with Crippen molar-refractivity contribution in [3.05, 3.63) is 48.3 Å². The number of aromatic nitrogens is 1. The molecule has 2 aromatic rings. The van der Waals surface area contributed by atoms with Crippen LogP contribution in [0.2, 0.25) is 0 Å². The summed E-state index contributed by atoms with van der Waals surface area (Å²) in [4.78, 5) is 14.5. The van der Waals surface area contributed by atoms with Crippen molar-refractivity contribution in [3.8, 4) is 5.75 Å². The molecule has 6 heteroatoms. The smallest absolute Gasteiger partial charge is 0.323 e. The number of rotatable bonds is 4. The lowest BCUT2D eigenvalue weighted by Gasteiger charge is -2.24. The van der Waals surface area contributed by atoms with Crippen LogP contribution in [0.1, 0.15) is 18.0 Å². The van der Waals surface area contributed by atoms with Crippen LogP contribution in [0.25, 0.3) is 0 Å². The molecule has 1 aromatic carbocycles. The van der Waals surface area contributed by atoms with Crippen molar-refractivity contribution in [1.82, 2.24) is 9.47 Å². The molecule has 0 bridgehead atoms. The number of urea groups is 1. The van der Waals surface area contributed by atoms with Crippen LogP contribution in [-0.4, -0.2) is 34.4 Å². The molecule has 1 saturated heterocycles. The van der Waals surface area contributed by atoms with Gasteiger partial charge in [-0.25, -0.2) is 4.79 Å². The highest BCUT2D eigenvalue weighted by Gasteiger charge is 2.32. The fraction of sp³-hybridized carbons (Fsp3) is 0.353. The Labute approximate surface area is 140 Å². The Bertz CT molecular complexity index is 669. The van der Waals surface area contributed by atoms with Crippen LogP contribution in [0, 0.1) is 0 Å². The first-order valence-electron chi connectivity index (χ1n) is 7.72. The number of carbonyl (C=O) groups is 1. The van der Waals surface area contributed by atoms with Gasteiger partial charge in [-0.05, 0) is 43.3 Å². The fourth-order valence-electron chi connectivity index (χ4n) is 2.65. The number of ether oxygens (including phenoxy) is 1. The van der Waals surface area contributed by atoms with E-state index in [2.05, 4.69) is 16.0 Å². The number of hydrogen-bond donors (Lipinski definition) is 1. The molecule has 1 N–H and O–H groups in total. The number of carbonyl (C=O) groups excluding carboxylic acids is 1. The SMILES string of the molecule is CCOc1ccc(NC(=O)N2CCS[C@@H]2c2cccn2C)cc1. The van der Waals surface area contributed by atoms with Crippen molar-refractivity contribution < 1.29 is 9.53 Å². The lowest BCUT2D eigenvalue weighted by Crippen LogP contribution is -2.34. The van der Waals surface area contributed by atoms with Gasteiger partial charge in [0.05, 0.1) is 12.3 Å². The second-order valence-corrected chi connectivity index (χ2v) is 6.54. The van der Waals surface area contributed by atoms with E-state index in [9.17, 15) is 4.79 Å². The van der Waals surface area contributed by atoms with Crippen LogP contribution in [0.5, 0.6) is 5.75 Å². The Kier molecular flexibility index (Phi) is 4.81. The highest BCUT2D eigenvalue weighted by molar-refractivity contribution is 7.99. The average Bonchev–Trinajstić information content (AvgIpc) is 3.17. The molecule has 2 amide bonds. The Morgan fingerprint density at radius 1 is 1.35 bits per heavy atom. The van der Waals surface area contributed by atoms with E-state index in [0.29, 0.717) is 6.61 Å². The number of amides is 2. The van der Waals surface area contributed by atoms with E-state index in [1.54, 1.807) is 11.8 Å². The van der Waals surface area contributed by atoms with Crippen LogP contribution >= 0.6 is 11.8 Å². The topological polar surface area (TPSA) is 46.5 Å². The number of nitrogens with one attached hydrogen (secondary N) is 1. The molecule has 3 rings (SSSR count). The maximum Gasteiger partial charge on any atom is 0.323 e. The number of aryl methyl sites for hydroxylation is 1. The zero-order valence-electron chi connectivity index (χ0n) is 13.4. The summed E-state index contributed by atoms with van der Waals surface area (Å²) in [6, 6.07) is 11.5. The lowest BCUT2D eigenvalue weighted by molar-refractivity contribution is 0.213. The maximum absolute atomic E-state index is 12.6. The van der Waals surface area contributed by atoms with Crippen molar-refractivity contribution in [2.75, 3.05) is 24.2 Å². The van der Waals surface area contributed by atoms with Gasteiger partial charge in [-0.15, -0.1) is 11.8 Å². The molecule has 1 aliphatic rings. The van der Waals surface area contributed by atoms with Gasteiger partial charge >= 0.3 is 6.03 Å². The van der Waals surface area contributed by atoms with Crippen LogP contribution in [0.15, 0.2) is 42.6 Å². The van der Waals surface area contributed by atoms with Gasteiger partial charge in [0.25, 0.3) is 0 Å². The van der Waals surface area contributed by atoms with Gasteiger partial charge in [-0.3, -0.25) is 0 Å². The third kappa shape index (κ3) is 3.47. The van der Waals surface area contributed by atoms with Gasteiger partial charge in [0, 0.05) is 31.2 Å². The quantitative estimate of drug-likeness (QED) is 0.929. The molecule has 0 saturated carbocycles. The van der Waals surface area contributed by atoms with E-state index in [0.717, 1.165) is 29.4 Å². The number of nitrogens with zero attached hydrogens (tertiary/aromatic N) is 2. The van der Waals surface area contributed by atoms with Crippen molar-refractivity contribution in [2.45, 2.75) is 12.3 Å². The standard InChI is InChI=1S/C17H21N3O2S/c1-3-22-14-8-6-13(7-9-14)18-17(21)20-11-12-23-16(20)15-5-4-10-19(15)2/h4-10,16H,3,11-12H2,1-2H3,(H,18,21)/t16-/m1/s1. The molecule has 5 nitrogen and oxygen atoms in total. The number of hydrogen-bond acceptors (Lipinski definition) is 3. The van der Waals surface area contributed by atoms with Crippen LogP contribution in [0.4, 0.5) is 10.5 Å². The fourth-order valence-corrected chi connectivity index (χ4v) is 3.97. The van der Waals surface area contributed by atoms with E-state index in [1.807, 2.05) is 55.4 Å². The third-order valence-electron chi connectivity index (χ3n) is 3.81. The van der Waals surface area contributed by atoms with Crippen molar-refractivity contribution in [3.63, 3.8) is 0 Å². The largest absolute Gasteiger partial charge is 0.494 e. The Hall–Kier alpha value is -2.08. The second kappa shape index (κ2) is 7.00. The summed E-state index contributed by atoms with van der Waals surface area (Å²) < 4.78 is 7.49. The van der Waals surface area contributed by atoms with Gasteiger partial charge in [-0.2, -0.15) is 0 Å². The highest BCUT2D eigenvalue weighted by Crippen LogP contribution is 2.38. The molecule has 1 fully saturated rings. The predicted molar refractivity (Wildman–Crippen MR) is 93.9 cm³/mol. The van der Waals surface area contributed by atoms with Gasteiger partial charge in [0.2, 0.25) is 0 Å². The summed E-state index contributed by atoms with van der Waals surface area (Å²) in [6.45, 7) is 3.34. The van der Waals surface area contributed by atoms with E-state index < -0.39 is 0 Å². The summed E-state index contributed by atoms with van der Waals surface area (Å²) >= 11 is 1.79. The molecule has 1 aromatic heterocycles. The zero-order valence-corrected chi connectivity index (χ0v) is 14.2. The summed E-state index contributed by atoms with van der Waals surface area (Å²) in [5, 5.41) is 3.04. The van der Waals surface area contributed by atoms with Gasteiger partial charge in [0.1, 0.15) is 11.1 Å². The molecule has 0 radical (unpaired) electrons. The summed E-state index contributed by atoms with van der Waals surface area (Å²) in [5.41, 5.74) is 1.93. The number of anilines is 1. The van der Waals surface area contributed by atoms with Crippen molar-refractivity contribution in [2.24, 2.45) is 7.05 Å². The molecule has 1 atom stereocenters. The first-order chi connectivity index (χ1) is 11.2. The van der Waals surface area contributed by atoms with E-state index in [-0.39, 0.29) is 11.4 Å². The van der Waals surface area contributed by atoms with Crippen molar-refractivity contribution in [1.29, 1.82) is 0 Å². The zero-order chi connectivity index (χ0) is 16.2. The third-order valence-corrected chi connectivity index (χ3v) is 5.04. The number of thioether (sulfide) groups is 1. The highest BCUT2D eigenvalue weighted by atomic mass is 32.2. The first kappa shape index (κ1) is 15.8. The minimum Gasteiger partial charge on any atom is -0.494 e. The number of benzene rings is 1. The molecule has 1 aliphatic heterocycles. The van der Waals surface area contributed by atoms with Crippen LogP contribution < -0.4 is 10.1 Å². The lowest BCUT2D eigenvalue weighted by atomic mass is 10.3. The van der Waals surface area contributed by atoms with Crippen LogP contribution in [-0.2, 0) is 7.05 Å². The molecule has 0 spiro atoms. The molecule has 0 aliphatic carbocycles. The summed E-state index contributed by atoms with van der Waals surface area (Å²) in [6.07, 6.45) is 2.01. The minimum absolute atomic E-state index is 0.0645. The Morgan fingerprint density at radius 2 is 2.13 bits per heavy atom. The average molecular weight is 331 g/mol. The molecular formula is C17H21N3O2S.